The molecule has 8 aromatic carbocycles. The Bertz CT molecular complexity index is 3070. The van der Waals surface area contributed by atoms with E-state index < -0.39 is 60.4 Å². The molecule has 0 unspecified atom stereocenters. The van der Waals surface area contributed by atoms with Crippen molar-refractivity contribution >= 4 is 43.5 Å². The zero-order valence-electron chi connectivity index (χ0n) is 34.7. The minimum atomic E-state index is -0.645. The fraction of sp³-hybridized carbons (Fsp3) is 0. The lowest BCUT2D eigenvalue weighted by Gasteiger charge is -2.20. The first-order valence-electron chi connectivity index (χ1n) is 20.1. The summed E-state index contributed by atoms with van der Waals surface area (Å²) < 4.78 is 103. The first-order chi connectivity index (χ1) is 26.9. The molecule has 1 heteroatoms. The molecular weight excluding hydrogens is 544 g/mol. The molecule has 0 radical (unpaired) electrons. The molecule has 0 spiro atoms. The molecule has 0 aliphatic rings. The summed E-state index contributed by atoms with van der Waals surface area (Å²) in [6, 6.07) is 27.5. The van der Waals surface area contributed by atoms with Crippen molar-refractivity contribution in [2.24, 2.45) is 0 Å². The highest BCUT2D eigenvalue weighted by molar-refractivity contribution is 6.27. The van der Waals surface area contributed by atoms with Crippen LogP contribution in [0.3, 0.4) is 0 Å². The van der Waals surface area contributed by atoms with Gasteiger partial charge in [-0.3, -0.25) is 0 Å². The number of fused-ring (bicyclic) bond motifs is 5. The molecule has 0 N–H and O–H groups in total. The van der Waals surface area contributed by atoms with Crippen LogP contribution in [0, 0.1) is 0 Å². The van der Waals surface area contributed by atoms with Crippen LogP contribution in [0.1, 0.15) is 15.1 Å². The predicted octanol–water partition coefficient (Wildman–Crippen LogP) is 12.6. The van der Waals surface area contributed by atoms with Crippen molar-refractivity contribution < 1.29 is 19.5 Å². The van der Waals surface area contributed by atoms with E-state index in [2.05, 4.69) is 24.3 Å². The third kappa shape index (κ3) is 4.02. The molecule has 45 heavy (non-hydrogen) atoms. The highest BCUT2D eigenvalue weighted by atomic mass is 16.3. The molecule has 9 aromatic rings. The second-order valence-corrected chi connectivity index (χ2v) is 10.8. The Morgan fingerprint density at radius 2 is 0.911 bits per heavy atom. The molecule has 1 nitrogen and oxygen atoms in total. The lowest BCUT2D eigenvalue weighted by atomic mass is 9.83. The fourth-order valence-electron chi connectivity index (χ4n) is 6.48. The maximum Gasteiger partial charge on any atom is 0.143 e. The minimum absolute atomic E-state index is 0.0465. The van der Waals surface area contributed by atoms with Gasteiger partial charge in [0, 0.05) is 16.3 Å². The smallest absolute Gasteiger partial charge is 0.143 e. The van der Waals surface area contributed by atoms with Gasteiger partial charge >= 0.3 is 0 Å². The average molecular weight is 584 g/mol. The van der Waals surface area contributed by atoms with Crippen LogP contribution < -0.4 is 0 Å². The zero-order valence-corrected chi connectivity index (χ0v) is 23.7. The second-order valence-electron chi connectivity index (χ2n) is 10.8. The minimum Gasteiger partial charge on any atom is -0.455 e. The summed E-state index contributed by atoms with van der Waals surface area (Å²) in [6.45, 7) is 0. The van der Waals surface area contributed by atoms with Crippen LogP contribution in [-0.4, -0.2) is 0 Å². The van der Waals surface area contributed by atoms with Crippen molar-refractivity contribution in [2.75, 3.05) is 0 Å². The van der Waals surface area contributed by atoms with Crippen molar-refractivity contribution in [3.05, 3.63) is 170 Å². The standard InChI is InChI=1S/C44H28O/c1-3-15-29(16-4-1)31-19-7-8-20-33(31)41-34-21-9-11-23-36(34)42(37-24-12-10-22-35(37)41)39-28-27-32(30-17-5-2-6-18-30)44-43(39)38-25-13-14-26-40(38)45-44/h1-28H/i2D,5D,6D,13D,14D,17D,18D,25D,26D,27D,28D. The van der Waals surface area contributed by atoms with Gasteiger partial charge < -0.3 is 4.42 Å². The highest BCUT2D eigenvalue weighted by Crippen LogP contribution is 2.49. The van der Waals surface area contributed by atoms with E-state index >= 15 is 0 Å². The predicted molar refractivity (Wildman–Crippen MR) is 190 cm³/mol. The molecule has 0 saturated carbocycles. The summed E-state index contributed by atoms with van der Waals surface area (Å²) in [4.78, 5) is 0. The van der Waals surface area contributed by atoms with Gasteiger partial charge in [-0.25, -0.2) is 0 Å². The van der Waals surface area contributed by atoms with Crippen molar-refractivity contribution in [2.45, 2.75) is 0 Å². The monoisotopic (exact) mass is 583 g/mol. The highest BCUT2D eigenvalue weighted by Gasteiger charge is 2.22. The Labute approximate surface area is 277 Å². The largest absolute Gasteiger partial charge is 0.455 e. The van der Waals surface area contributed by atoms with E-state index in [0.29, 0.717) is 16.3 Å². The summed E-state index contributed by atoms with van der Waals surface area (Å²) >= 11 is 0. The molecule has 0 aliphatic heterocycles. The summed E-state index contributed by atoms with van der Waals surface area (Å²) in [5, 5.41) is 3.08. The van der Waals surface area contributed by atoms with E-state index in [-0.39, 0.29) is 44.7 Å². The van der Waals surface area contributed by atoms with E-state index in [4.69, 9.17) is 16.8 Å². The van der Waals surface area contributed by atoms with Crippen LogP contribution in [-0.2, 0) is 0 Å². The van der Waals surface area contributed by atoms with Crippen LogP contribution in [0.25, 0.3) is 88.0 Å². The molecule has 1 aromatic heterocycles. The molecule has 0 saturated heterocycles. The van der Waals surface area contributed by atoms with Gasteiger partial charge in [0.1, 0.15) is 11.2 Å². The number of benzene rings is 8. The molecule has 0 aliphatic carbocycles. The van der Waals surface area contributed by atoms with Crippen LogP contribution >= 0.6 is 0 Å². The number of rotatable bonds is 4. The second kappa shape index (κ2) is 10.4. The Balaban J connectivity index is 1.52. The number of para-hydroxylation sites is 1. The van der Waals surface area contributed by atoms with Gasteiger partial charge in [-0.15, -0.1) is 0 Å². The SMILES string of the molecule is [2H]c1c([2H])c([2H])c(-c2c([2H])c([2H])c(-c3c4ccccc4c(-c4ccccc4-c4ccccc4)c4ccccc34)c3c2oc2c([2H])c([2H])c([2H])c([2H])c23)c([2H])c1[2H]. The van der Waals surface area contributed by atoms with Crippen molar-refractivity contribution in [1.82, 2.24) is 0 Å². The van der Waals surface area contributed by atoms with E-state index in [1.165, 1.54) is 0 Å². The van der Waals surface area contributed by atoms with Crippen molar-refractivity contribution in [3.8, 4) is 44.5 Å². The molecule has 0 atom stereocenters. The molecular formula is C44H28O. The quantitative estimate of drug-likeness (QED) is 0.188. The third-order valence-corrected chi connectivity index (χ3v) is 8.34. The van der Waals surface area contributed by atoms with Crippen molar-refractivity contribution in [3.63, 3.8) is 0 Å². The maximum atomic E-state index is 9.77. The number of furan rings is 1. The Morgan fingerprint density at radius 1 is 0.378 bits per heavy atom. The normalized spacial score (nSPS) is 15.0. The molecule has 0 fully saturated rings. The summed E-state index contributed by atoms with van der Waals surface area (Å²) in [5.74, 6) is 0. The summed E-state index contributed by atoms with van der Waals surface area (Å²) in [6.07, 6.45) is 0. The fourth-order valence-corrected chi connectivity index (χ4v) is 6.48. The van der Waals surface area contributed by atoms with Gasteiger partial charge in [0.15, 0.2) is 0 Å². The summed E-state index contributed by atoms with van der Waals surface area (Å²) in [5.41, 5.74) is 3.52. The van der Waals surface area contributed by atoms with Crippen LogP contribution in [0.4, 0.5) is 0 Å². The average Bonchev–Trinajstić information content (AvgIpc) is 3.62. The van der Waals surface area contributed by atoms with E-state index in [1.807, 2.05) is 78.9 Å². The van der Waals surface area contributed by atoms with Crippen LogP contribution in [0.15, 0.2) is 174 Å². The Morgan fingerprint density at radius 3 is 1.60 bits per heavy atom. The van der Waals surface area contributed by atoms with E-state index in [0.717, 1.165) is 33.0 Å². The van der Waals surface area contributed by atoms with Gasteiger partial charge in [-0.05, 0) is 72.6 Å². The molecule has 210 valence electrons. The van der Waals surface area contributed by atoms with Gasteiger partial charge in [0.05, 0.1) is 15.1 Å². The lowest BCUT2D eigenvalue weighted by molar-refractivity contribution is 0.670. The Kier molecular flexibility index (Phi) is 3.87. The number of hydrogen-bond acceptors (Lipinski definition) is 1. The topological polar surface area (TPSA) is 13.1 Å². The zero-order chi connectivity index (χ0) is 39.3. The van der Waals surface area contributed by atoms with E-state index in [1.54, 1.807) is 0 Å². The molecule has 0 amide bonds. The van der Waals surface area contributed by atoms with Crippen LogP contribution in [0.5, 0.6) is 0 Å². The number of hydrogen-bond donors (Lipinski definition) is 0. The van der Waals surface area contributed by atoms with Gasteiger partial charge in [0.2, 0.25) is 0 Å². The first-order valence-corrected chi connectivity index (χ1v) is 14.6. The van der Waals surface area contributed by atoms with Gasteiger partial charge in [0.25, 0.3) is 0 Å². The molecule has 0 bridgehead atoms. The van der Waals surface area contributed by atoms with Gasteiger partial charge in [-0.1, -0.05) is 158 Å². The van der Waals surface area contributed by atoms with Crippen LogP contribution in [0.2, 0.25) is 0 Å². The van der Waals surface area contributed by atoms with Gasteiger partial charge in [-0.2, -0.15) is 0 Å². The first kappa shape index (κ1) is 16.8. The molecule has 1 heterocycles. The maximum absolute atomic E-state index is 9.77. The third-order valence-electron chi connectivity index (χ3n) is 8.34. The van der Waals surface area contributed by atoms with Crippen molar-refractivity contribution in [1.29, 1.82) is 0 Å². The lowest BCUT2D eigenvalue weighted by Crippen LogP contribution is -1.93. The summed E-state index contributed by atoms with van der Waals surface area (Å²) in [7, 11) is 0. The molecule has 9 rings (SSSR count). The Hall–Kier alpha value is -5.92. The van der Waals surface area contributed by atoms with E-state index in [9.17, 15) is 2.74 Å².